The number of nitrogens with zero attached hydrogens (tertiary/aromatic N) is 2. The van der Waals surface area contributed by atoms with Crippen LogP contribution in [0.5, 0.6) is 0 Å². The number of nitrogens with one attached hydrogen (secondary N) is 1. The lowest BCUT2D eigenvalue weighted by Gasteiger charge is -2.06. The largest absolute Gasteiger partial charge is 0.319 e. The van der Waals surface area contributed by atoms with E-state index in [1.807, 2.05) is 13.8 Å². The van der Waals surface area contributed by atoms with Crippen LogP contribution in [0.2, 0.25) is 0 Å². The van der Waals surface area contributed by atoms with Crippen molar-refractivity contribution in [2.24, 2.45) is 0 Å². The van der Waals surface area contributed by atoms with E-state index in [1.54, 1.807) is 35.0 Å². The van der Waals surface area contributed by atoms with Crippen LogP contribution in [0.4, 0.5) is 14.5 Å². The van der Waals surface area contributed by atoms with E-state index >= 15 is 0 Å². The molecular weight excluding hydrogens is 348 g/mol. The fourth-order valence-electron chi connectivity index (χ4n) is 2.71. The number of carbonyl (C=O) groups is 1. The van der Waals surface area contributed by atoms with Gasteiger partial charge in [-0.2, -0.15) is 5.10 Å². The first-order valence-electron chi connectivity index (χ1n) is 8.45. The third-order valence-corrected chi connectivity index (χ3v) is 4.17. The van der Waals surface area contributed by atoms with Gasteiger partial charge in [0.15, 0.2) is 0 Å². The molecular formula is C21H19F2N3O. The number of carbonyl (C=O) groups excluding carboxylic acids is 1. The Hall–Kier alpha value is -3.28. The molecule has 1 aromatic heterocycles. The summed E-state index contributed by atoms with van der Waals surface area (Å²) in [5.41, 5.74) is 3.78. The van der Waals surface area contributed by atoms with Gasteiger partial charge in [0, 0.05) is 6.08 Å². The van der Waals surface area contributed by atoms with Gasteiger partial charge in [-0.3, -0.25) is 9.48 Å². The zero-order valence-electron chi connectivity index (χ0n) is 15.0. The van der Waals surface area contributed by atoms with E-state index in [4.69, 9.17) is 0 Å². The SMILES string of the molecule is Cc1nn(Cc2ccc(F)cc2)c(C)c1NC(=O)/C=C/c1ccc(F)cc1. The highest BCUT2D eigenvalue weighted by molar-refractivity contribution is 6.02. The van der Waals surface area contributed by atoms with Gasteiger partial charge in [0.05, 0.1) is 23.6 Å². The van der Waals surface area contributed by atoms with Crippen LogP contribution in [0.1, 0.15) is 22.5 Å². The lowest BCUT2D eigenvalue weighted by Crippen LogP contribution is -2.10. The van der Waals surface area contributed by atoms with Gasteiger partial charge in [0.1, 0.15) is 11.6 Å². The molecule has 2 aromatic carbocycles. The van der Waals surface area contributed by atoms with Crippen molar-refractivity contribution in [1.82, 2.24) is 9.78 Å². The summed E-state index contributed by atoms with van der Waals surface area (Å²) in [5.74, 6) is -0.906. The van der Waals surface area contributed by atoms with Crippen molar-refractivity contribution in [2.45, 2.75) is 20.4 Å². The first-order chi connectivity index (χ1) is 12.9. The summed E-state index contributed by atoms with van der Waals surface area (Å²) in [4.78, 5) is 12.2. The minimum atomic E-state index is -0.323. The minimum Gasteiger partial charge on any atom is -0.319 e. The molecule has 0 unspecified atom stereocenters. The molecule has 0 bridgehead atoms. The monoisotopic (exact) mass is 367 g/mol. The Morgan fingerprint density at radius 1 is 1.04 bits per heavy atom. The predicted molar refractivity (Wildman–Crippen MR) is 101 cm³/mol. The Bertz CT molecular complexity index is 974. The molecule has 3 rings (SSSR count). The van der Waals surface area contributed by atoms with Crippen LogP contribution in [0.25, 0.3) is 6.08 Å². The molecule has 1 N–H and O–H groups in total. The van der Waals surface area contributed by atoms with Crippen molar-refractivity contribution in [3.05, 3.63) is 88.8 Å². The molecule has 0 fully saturated rings. The zero-order valence-corrected chi connectivity index (χ0v) is 15.0. The number of hydrogen-bond acceptors (Lipinski definition) is 2. The van der Waals surface area contributed by atoms with E-state index in [9.17, 15) is 13.6 Å². The van der Waals surface area contributed by atoms with Crippen LogP contribution in [0.3, 0.4) is 0 Å². The third kappa shape index (κ3) is 4.67. The molecule has 0 saturated heterocycles. The van der Waals surface area contributed by atoms with E-state index in [0.717, 1.165) is 16.8 Å². The molecule has 6 heteroatoms. The van der Waals surface area contributed by atoms with Crippen molar-refractivity contribution in [3.8, 4) is 0 Å². The summed E-state index contributed by atoms with van der Waals surface area (Å²) < 4.78 is 27.7. The molecule has 1 amide bonds. The summed E-state index contributed by atoms with van der Waals surface area (Å²) in [7, 11) is 0. The third-order valence-electron chi connectivity index (χ3n) is 4.17. The van der Waals surface area contributed by atoms with Gasteiger partial charge < -0.3 is 5.32 Å². The van der Waals surface area contributed by atoms with Gasteiger partial charge in [-0.25, -0.2) is 8.78 Å². The van der Waals surface area contributed by atoms with E-state index in [0.29, 0.717) is 17.9 Å². The van der Waals surface area contributed by atoms with Gasteiger partial charge in [0.2, 0.25) is 5.91 Å². The average molecular weight is 367 g/mol. The van der Waals surface area contributed by atoms with Gasteiger partial charge in [-0.1, -0.05) is 24.3 Å². The molecule has 0 saturated carbocycles. The molecule has 0 radical (unpaired) electrons. The molecule has 27 heavy (non-hydrogen) atoms. The van der Waals surface area contributed by atoms with Crippen molar-refractivity contribution in [2.75, 3.05) is 5.32 Å². The zero-order chi connectivity index (χ0) is 19.4. The summed E-state index contributed by atoms with van der Waals surface area (Å²) >= 11 is 0. The molecule has 1 heterocycles. The summed E-state index contributed by atoms with van der Waals surface area (Å²) in [6.45, 7) is 4.16. The summed E-state index contributed by atoms with van der Waals surface area (Å²) in [5, 5.41) is 7.28. The fraction of sp³-hybridized carbons (Fsp3) is 0.143. The Kier molecular flexibility index (Phi) is 5.45. The Labute approximate surface area is 156 Å². The van der Waals surface area contributed by atoms with Crippen LogP contribution in [0.15, 0.2) is 54.6 Å². The molecule has 0 aliphatic carbocycles. The number of rotatable bonds is 5. The first-order valence-corrected chi connectivity index (χ1v) is 8.45. The quantitative estimate of drug-likeness (QED) is 0.676. The van der Waals surface area contributed by atoms with E-state index in [-0.39, 0.29) is 17.5 Å². The standard InChI is InChI=1S/C21H19F2N3O/c1-14-21(24-20(27)12-7-16-3-8-18(22)9-4-16)15(2)26(25-14)13-17-5-10-19(23)11-6-17/h3-12H,13H2,1-2H3,(H,24,27)/b12-7+. The highest BCUT2D eigenvalue weighted by atomic mass is 19.1. The first kappa shape index (κ1) is 18.5. The van der Waals surface area contributed by atoms with Gasteiger partial charge in [-0.05, 0) is 55.3 Å². The van der Waals surface area contributed by atoms with Crippen molar-refractivity contribution in [1.29, 1.82) is 0 Å². The van der Waals surface area contributed by atoms with Gasteiger partial charge >= 0.3 is 0 Å². The van der Waals surface area contributed by atoms with E-state index in [2.05, 4.69) is 10.4 Å². The second-order valence-electron chi connectivity index (χ2n) is 6.20. The molecule has 3 aromatic rings. The summed E-state index contributed by atoms with van der Waals surface area (Å²) in [6.07, 6.45) is 3.01. The maximum atomic E-state index is 13.0. The average Bonchev–Trinajstić information content (AvgIpc) is 2.90. The second kappa shape index (κ2) is 7.95. The van der Waals surface area contributed by atoms with Crippen molar-refractivity contribution in [3.63, 3.8) is 0 Å². The van der Waals surface area contributed by atoms with E-state index in [1.165, 1.54) is 30.3 Å². The number of amides is 1. The smallest absolute Gasteiger partial charge is 0.248 e. The number of halogens is 2. The Balaban J connectivity index is 1.71. The lowest BCUT2D eigenvalue weighted by molar-refractivity contribution is -0.111. The Morgan fingerprint density at radius 3 is 2.26 bits per heavy atom. The predicted octanol–water partition coefficient (Wildman–Crippen LogP) is 4.48. The van der Waals surface area contributed by atoms with Gasteiger partial charge in [0.25, 0.3) is 0 Å². The van der Waals surface area contributed by atoms with Crippen molar-refractivity contribution >= 4 is 17.7 Å². The van der Waals surface area contributed by atoms with Crippen LogP contribution in [-0.2, 0) is 11.3 Å². The number of anilines is 1. The molecule has 0 aliphatic heterocycles. The highest BCUT2D eigenvalue weighted by Gasteiger charge is 2.13. The maximum Gasteiger partial charge on any atom is 0.248 e. The van der Waals surface area contributed by atoms with Crippen LogP contribution >= 0.6 is 0 Å². The number of aromatic nitrogens is 2. The highest BCUT2D eigenvalue weighted by Crippen LogP contribution is 2.20. The van der Waals surface area contributed by atoms with Crippen LogP contribution in [-0.4, -0.2) is 15.7 Å². The number of benzene rings is 2. The molecule has 138 valence electrons. The molecule has 0 aliphatic rings. The normalized spacial score (nSPS) is 11.1. The number of hydrogen-bond donors (Lipinski definition) is 1. The minimum absolute atomic E-state index is 0.284. The summed E-state index contributed by atoms with van der Waals surface area (Å²) in [6, 6.07) is 12.1. The van der Waals surface area contributed by atoms with Gasteiger partial charge in [-0.15, -0.1) is 0 Å². The molecule has 0 spiro atoms. The van der Waals surface area contributed by atoms with Crippen LogP contribution in [0, 0.1) is 25.5 Å². The number of aryl methyl sites for hydroxylation is 1. The van der Waals surface area contributed by atoms with Crippen molar-refractivity contribution < 1.29 is 13.6 Å². The van der Waals surface area contributed by atoms with Crippen LogP contribution < -0.4 is 5.32 Å². The Morgan fingerprint density at radius 2 is 1.63 bits per heavy atom. The molecule has 4 nitrogen and oxygen atoms in total. The second-order valence-corrected chi connectivity index (χ2v) is 6.20. The van der Waals surface area contributed by atoms with E-state index < -0.39 is 0 Å². The molecule has 0 atom stereocenters. The fourth-order valence-corrected chi connectivity index (χ4v) is 2.71. The maximum absolute atomic E-state index is 13.0. The lowest BCUT2D eigenvalue weighted by atomic mass is 10.2. The topological polar surface area (TPSA) is 46.9 Å².